The van der Waals surface area contributed by atoms with E-state index in [4.69, 9.17) is 4.74 Å². The second kappa shape index (κ2) is 8.41. The molecular formula is C18H22N2O5. The highest BCUT2D eigenvalue weighted by Gasteiger charge is 2.42. The number of amides is 3. The highest BCUT2D eigenvalue weighted by atomic mass is 16.5. The van der Waals surface area contributed by atoms with Gasteiger partial charge >= 0.3 is 5.97 Å². The lowest BCUT2D eigenvalue weighted by Gasteiger charge is -2.25. The van der Waals surface area contributed by atoms with Crippen LogP contribution < -0.4 is 5.32 Å². The summed E-state index contributed by atoms with van der Waals surface area (Å²) in [6, 6.07) is 5.55. The lowest BCUT2D eigenvalue weighted by Crippen LogP contribution is -2.50. The number of hydrogen-bond donors (Lipinski definition) is 1. The van der Waals surface area contributed by atoms with E-state index >= 15 is 0 Å². The summed E-state index contributed by atoms with van der Waals surface area (Å²) in [6.07, 6.45) is 1.83. The van der Waals surface area contributed by atoms with Crippen LogP contribution in [0.3, 0.4) is 0 Å². The summed E-state index contributed by atoms with van der Waals surface area (Å²) < 4.78 is 4.77. The smallest absolute Gasteiger partial charge is 0.325 e. The number of esters is 1. The van der Waals surface area contributed by atoms with Gasteiger partial charge in [0.05, 0.1) is 17.7 Å². The lowest BCUT2D eigenvalue weighted by atomic mass is 10.1. The molecule has 1 aromatic rings. The van der Waals surface area contributed by atoms with Crippen LogP contribution in [0.5, 0.6) is 0 Å². The quantitative estimate of drug-likeness (QED) is 0.569. The Morgan fingerprint density at radius 2 is 1.72 bits per heavy atom. The molecule has 0 saturated heterocycles. The standard InChI is InChI=1S/C18H22N2O5/c1-3-5-10-14(16(22)19-11-15(21)25-4-2)20-17(23)12-8-6-7-9-13(12)18(20)24/h6-9,14H,3-5,10-11H2,1-2H3,(H,19,22)/t14-/m0/s1. The zero-order chi connectivity index (χ0) is 18.4. The van der Waals surface area contributed by atoms with Crippen LogP contribution in [0, 0.1) is 0 Å². The molecule has 7 heteroatoms. The van der Waals surface area contributed by atoms with Crippen LogP contribution in [0.1, 0.15) is 53.8 Å². The van der Waals surface area contributed by atoms with E-state index in [2.05, 4.69) is 5.32 Å². The molecule has 0 spiro atoms. The number of rotatable bonds is 8. The summed E-state index contributed by atoms with van der Waals surface area (Å²) in [4.78, 5) is 50.1. The van der Waals surface area contributed by atoms with Crippen molar-refractivity contribution in [1.82, 2.24) is 10.2 Å². The Morgan fingerprint density at radius 1 is 1.12 bits per heavy atom. The first kappa shape index (κ1) is 18.6. The van der Waals surface area contributed by atoms with Gasteiger partial charge in [0.1, 0.15) is 12.6 Å². The van der Waals surface area contributed by atoms with Crippen molar-refractivity contribution in [3.63, 3.8) is 0 Å². The minimum atomic E-state index is -0.943. The summed E-state index contributed by atoms with van der Waals surface area (Å²) >= 11 is 0. The number of unbranched alkanes of at least 4 members (excludes halogenated alkanes) is 1. The maximum absolute atomic E-state index is 12.6. The molecule has 0 saturated carbocycles. The third-order valence-electron chi connectivity index (χ3n) is 3.98. The number of benzene rings is 1. The highest BCUT2D eigenvalue weighted by molar-refractivity contribution is 6.22. The highest BCUT2D eigenvalue weighted by Crippen LogP contribution is 2.26. The molecule has 0 aromatic heterocycles. The van der Waals surface area contributed by atoms with Crippen molar-refractivity contribution in [3.05, 3.63) is 35.4 Å². The molecule has 2 rings (SSSR count). The maximum atomic E-state index is 12.6. The van der Waals surface area contributed by atoms with E-state index in [1.54, 1.807) is 31.2 Å². The van der Waals surface area contributed by atoms with Crippen molar-refractivity contribution < 1.29 is 23.9 Å². The number of imide groups is 1. The Bertz CT molecular complexity index is 651. The third kappa shape index (κ3) is 4.04. The van der Waals surface area contributed by atoms with E-state index in [-0.39, 0.29) is 13.2 Å². The van der Waals surface area contributed by atoms with Gasteiger partial charge in [-0.05, 0) is 25.5 Å². The Balaban J connectivity index is 2.17. The number of hydrogen-bond acceptors (Lipinski definition) is 5. The van der Waals surface area contributed by atoms with Crippen molar-refractivity contribution in [2.45, 2.75) is 39.2 Å². The van der Waals surface area contributed by atoms with Crippen LogP contribution >= 0.6 is 0 Å². The lowest BCUT2D eigenvalue weighted by molar-refractivity contribution is -0.143. The fourth-order valence-corrected chi connectivity index (χ4v) is 2.75. The van der Waals surface area contributed by atoms with E-state index in [0.717, 1.165) is 11.3 Å². The molecule has 3 amide bonds. The topological polar surface area (TPSA) is 92.8 Å². The molecule has 1 N–H and O–H groups in total. The first-order chi connectivity index (χ1) is 12.0. The number of fused-ring (bicyclic) bond motifs is 1. The van der Waals surface area contributed by atoms with Crippen LogP contribution in [0.15, 0.2) is 24.3 Å². The van der Waals surface area contributed by atoms with Crippen molar-refractivity contribution in [2.75, 3.05) is 13.2 Å². The number of ether oxygens (including phenoxy) is 1. The molecule has 1 heterocycles. The van der Waals surface area contributed by atoms with E-state index in [1.165, 1.54) is 0 Å². The Labute approximate surface area is 146 Å². The average molecular weight is 346 g/mol. The molecule has 134 valence electrons. The Kier molecular flexibility index (Phi) is 6.27. The van der Waals surface area contributed by atoms with Gasteiger partial charge in [-0.2, -0.15) is 0 Å². The van der Waals surface area contributed by atoms with Gasteiger partial charge in [0.15, 0.2) is 0 Å². The fraction of sp³-hybridized carbons (Fsp3) is 0.444. The summed E-state index contributed by atoms with van der Waals surface area (Å²) in [7, 11) is 0. The number of carbonyl (C=O) groups excluding carboxylic acids is 4. The second-order valence-electron chi connectivity index (χ2n) is 5.71. The third-order valence-corrected chi connectivity index (χ3v) is 3.98. The second-order valence-corrected chi connectivity index (χ2v) is 5.71. The van der Waals surface area contributed by atoms with Crippen LogP contribution in [0.25, 0.3) is 0 Å². The maximum Gasteiger partial charge on any atom is 0.325 e. The predicted molar refractivity (Wildman–Crippen MR) is 89.9 cm³/mol. The van der Waals surface area contributed by atoms with E-state index in [9.17, 15) is 19.2 Å². The van der Waals surface area contributed by atoms with E-state index < -0.39 is 29.7 Å². The van der Waals surface area contributed by atoms with Crippen LogP contribution in [-0.4, -0.2) is 47.8 Å². The van der Waals surface area contributed by atoms with Gasteiger partial charge in [-0.25, -0.2) is 0 Å². The molecule has 0 bridgehead atoms. The normalized spacial score (nSPS) is 14.2. The summed E-state index contributed by atoms with van der Waals surface area (Å²) in [5.74, 6) is -2.05. The molecule has 0 aliphatic carbocycles. The van der Waals surface area contributed by atoms with Gasteiger partial charge in [0.25, 0.3) is 11.8 Å². The number of carbonyl (C=O) groups is 4. The SMILES string of the molecule is CCCC[C@@H](C(=O)NCC(=O)OCC)N1C(=O)c2ccccc2C1=O. The molecule has 1 aliphatic rings. The van der Waals surface area contributed by atoms with Crippen molar-refractivity contribution in [1.29, 1.82) is 0 Å². The van der Waals surface area contributed by atoms with Crippen LogP contribution in [-0.2, 0) is 14.3 Å². The van der Waals surface area contributed by atoms with Gasteiger partial charge in [-0.3, -0.25) is 24.1 Å². The minimum Gasteiger partial charge on any atom is -0.465 e. The molecule has 1 aliphatic heterocycles. The van der Waals surface area contributed by atoms with Crippen molar-refractivity contribution in [2.24, 2.45) is 0 Å². The van der Waals surface area contributed by atoms with Gasteiger partial charge in [0.2, 0.25) is 5.91 Å². The molecule has 0 radical (unpaired) electrons. The summed E-state index contributed by atoms with van der Waals surface area (Å²) in [5.41, 5.74) is 0.597. The molecule has 25 heavy (non-hydrogen) atoms. The summed E-state index contributed by atoms with van der Waals surface area (Å²) in [5, 5.41) is 2.46. The molecule has 1 atom stereocenters. The minimum absolute atomic E-state index is 0.215. The Morgan fingerprint density at radius 3 is 2.24 bits per heavy atom. The predicted octanol–water partition coefficient (Wildman–Crippen LogP) is 1.52. The van der Waals surface area contributed by atoms with Crippen molar-refractivity contribution >= 4 is 23.7 Å². The van der Waals surface area contributed by atoms with Crippen LogP contribution in [0.2, 0.25) is 0 Å². The monoisotopic (exact) mass is 346 g/mol. The molecule has 1 aromatic carbocycles. The first-order valence-electron chi connectivity index (χ1n) is 8.41. The van der Waals surface area contributed by atoms with Gasteiger partial charge in [0, 0.05) is 0 Å². The van der Waals surface area contributed by atoms with E-state index in [0.29, 0.717) is 24.0 Å². The molecular weight excluding hydrogens is 324 g/mol. The fourth-order valence-electron chi connectivity index (χ4n) is 2.75. The van der Waals surface area contributed by atoms with Gasteiger partial charge in [-0.1, -0.05) is 31.9 Å². The van der Waals surface area contributed by atoms with Gasteiger partial charge < -0.3 is 10.1 Å². The zero-order valence-electron chi connectivity index (χ0n) is 14.4. The number of nitrogens with zero attached hydrogens (tertiary/aromatic N) is 1. The van der Waals surface area contributed by atoms with E-state index in [1.807, 2.05) is 6.92 Å². The molecule has 7 nitrogen and oxygen atoms in total. The largest absolute Gasteiger partial charge is 0.465 e. The Hall–Kier alpha value is -2.70. The number of nitrogens with one attached hydrogen (secondary N) is 1. The molecule has 0 unspecified atom stereocenters. The average Bonchev–Trinajstić information content (AvgIpc) is 2.86. The zero-order valence-corrected chi connectivity index (χ0v) is 14.4. The van der Waals surface area contributed by atoms with Crippen LogP contribution in [0.4, 0.5) is 0 Å². The van der Waals surface area contributed by atoms with Gasteiger partial charge in [-0.15, -0.1) is 0 Å². The molecule has 0 fully saturated rings. The van der Waals surface area contributed by atoms with Crippen molar-refractivity contribution in [3.8, 4) is 0 Å². The summed E-state index contributed by atoms with van der Waals surface area (Å²) in [6.45, 7) is 3.54. The first-order valence-corrected chi connectivity index (χ1v) is 8.41.